The van der Waals surface area contributed by atoms with Crippen molar-refractivity contribution < 1.29 is 4.42 Å². The highest BCUT2D eigenvalue weighted by Crippen LogP contribution is 2.40. The molecule has 6 aromatic carbocycles. The van der Waals surface area contributed by atoms with Crippen LogP contribution in [0.4, 0.5) is 5.69 Å². The normalized spacial score (nSPS) is 13.3. The molecule has 0 N–H and O–H groups in total. The molecule has 1 aliphatic heterocycles. The number of pyridine rings is 1. The van der Waals surface area contributed by atoms with Crippen LogP contribution in [0.25, 0.3) is 65.7 Å². The van der Waals surface area contributed by atoms with E-state index in [9.17, 15) is 5.26 Å². The van der Waals surface area contributed by atoms with Crippen LogP contribution in [-0.2, 0) is 6.42 Å². The largest absolute Gasteiger partial charge is 0.459 e. The summed E-state index contributed by atoms with van der Waals surface area (Å²) < 4.78 is 8.55. The van der Waals surface area contributed by atoms with Crippen molar-refractivity contribution in [2.45, 2.75) is 12.8 Å². The third kappa shape index (κ3) is 4.39. The van der Waals surface area contributed by atoms with Crippen LogP contribution in [0.2, 0.25) is 0 Å². The third-order valence-corrected chi connectivity index (χ3v) is 9.93. The van der Waals surface area contributed by atoms with Gasteiger partial charge in [-0.05, 0) is 77.4 Å². The van der Waals surface area contributed by atoms with Crippen molar-refractivity contribution in [1.29, 1.82) is 5.26 Å². The monoisotopic (exact) mass is 640 g/mol. The molecule has 0 radical (unpaired) electrons. The quantitative estimate of drug-likeness (QED) is 0.193. The Balaban J connectivity index is 1.19. The summed E-state index contributed by atoms with van der Waals surface area (Å²) in [6.45, 7) is 0. The third-order valence-electron chi connectivity index (χ3n) is 9.93. The van der Waals surface area contributed by atoms with Crippen LogP contribution in [0.3, 0.4) is 0 Å². The predicted molar refractivity (Wildman–Crippen MR) is 203 cm³/mol. The van der Waals surface area contributed by atoms with Gasteiger partial charge in [0.25, 0.3) is 0 Å². The maximum Gasteiger partial charge on any atom is 0.136 e. The van der Waals surface area contributed by atoms with Gasteiger partial charge in [0.1, 0.15) is 23.1 Å². The lowest BCUT2D eigenvalue weighted by molar-refractivity contribution is 0.550. The second-order valence-electron chi connectivity index (χ2n) is 12.8. The fraction of sp³-hybridized carbons (Fsp3) is 0.0444. The summed E-state index contributed by atoms with van der Waals surface area (Å²) in [6, 6.07) is 48.6. The molecule has 0 spiro atoms. The molecule has 0 saturated heterocycles. The van der Waals surface area contributed by atoms with Gasteiger partial charge in [-0.25, -0.2) is 4.99 Å². The minimum Gasteiger partial charge on any atom is -0.459 e. The average molecular weight is 641 g/mol. The number of para-hydroxylation sites is 2. The van der Waals surface area contributed by atoms with E-state index in [1.807, 2.05) is 36.5 Å². The Labute approximate surface area is 287 Å². The second kappa shape index (κ2) is 11.2. The van der Waals surface area contributed by atoms with E-state index in [2.05, 4.69) is 125 Å². The first-order chi connectivity index (χ1) is 24.7. The summed E-state index contributed by atoms with van der Waals surface area (Å²) in [7, 11) is 0. The molecule has 9 aromatic rings. The van der Waals surface area contributed by atoms with E-state index in [0.717, 1.165) is 101 Å². The summed E-state index contributed by atoms with van der Waals surface area (Å²) in [4.78, 5) is 10.1. The number of aliphatic imine (C=N–C) groups is 1. The molecule has 0 bridgehead atoms. The lowest BCUT2D eigenvalue weighted by atomic mass is 9.91. The Morgan fingerprint density at radius 2 is 1.44 bits per heavy atom. The number of aromatic nitrogens is 2. The molecule has 5 nitrogen and oxygen atoms in total. The molecule has 0 unspecified atom stereocenters. The Hall–Kier alpha value is -6.77. The van der Waals surface area contributed by atoms with E-state index in [1.54, 1.807) is 0 Å². The van der Waals surface area contributed by atoms with Gasteiger partial charge in [0.2, 0.25) is 0 Å². The number of allylic oxidation sites excluding steroid dienone is 2. The molecule has 50 heavy (non-hydrogen) atoms. The number of hydrogen-bond donors (Lipinski definition) is 0. The van der Waals surface area contributed by atoms with E-state index in [4.69, 9.17) is 9.41 Å². The van der Waals surface area contributed by atoms with Crippen molar-refractivity contribution in [3.63, 3.8) is 0 Å². The Kier molecular flexibility index (Phi) is 6.30. The number of benzene rings is 6. The molecule has 3 aromatic heterocycles. The zero-order valence-electron chi connectivity index (χ0n) is 27.0. The summed E-state index contributed by atoms with van der Waals surface area (Å²) >= 11 is 0. The van der Waals surface area contributed by atoms with Gasteiger partial charge < -0.3 is 8.98 Å². The Bertz CT molecular complexity index is 2950. The lowest BCUT2D eigenvalue weighted by Gasteiger charge is -2.17. The topological polar surface area (TPSA) is 67.1 Å². The molecule has 0 atom stereocenters. The Morgan fingerprint density at radius 3 is 2.34 bits per heavy atom. The van der Waals surface area contributed by atoms with Gasteiger partial charge in [-0.2, -0.15) is 5.26 Å². The maximum absolute atomic E-state index is 10.7. The predicted octanol–water partition coefficient (Wildman–Crippen LogP) is 11.3. The summed E-state index contributed by atoms with van der Waals surface area (Å²) in [5.41, 5.74) is 9.87. The van der Waals surface area contributed by atoms with Crippen molar-refractivity contribution in [1.82, 2.24) is 9.55 Å². The number of nitrogens with zero attached hydrogens (tertiary/aromatic N) is 4. The van der Waals surface area contributed by atoms with Crippen LogP contribution in [0.5, 0.6) is 0 Å². The minimum atomic E-state index is 0.593. The number of furan rings is 1. The first-order valence-corrected chi connectivity index (χ1v) is 16.9. The SMILES string of the molecule is N#Cc1cc(C2=CCCc3oc4ccccc4c3N=C2c2ccc3cccnc3c2)ccc1-n1c2ccccc2c2cc3ccccc3cc21. The number of fused-ring (bicyclic) bond motifs is 8. The van der Waals surface area contributed by atoms with Crippen molar-refractivity contribution >= 4 is 71.4 Å². The number of hydrogen-bond acceptors (Lipinski definition) is 4. The van der Waals surface area contributed by atoms with Gasteiger partial charge in [0.05, 0.1) is 33.5 Å². The van der Waals surface area contributed by atoms with E-state index in [1.165, 1.54) is 5.39 Å². The first kappa shape index (κ1) is 28.3. The summed E-state index contributed by atoms with van der Waals surface area (Å²) in [5, 5.41) is 17.5. The molecular weight excluding hydrogens is 613 g/mol. The van der Waals surface area contributed by atoms with Gasteiger partial charge >= 0.3 is 0 Å². The van der Waals surface area contributed by atoms with Crippen LogP contribution >= 0.6 is 0 Å². The summed E-state index contributed by atoms with van der Waals surface area (Å²) in [6.07, 6.45) is 5.54. The molecule has 0 saturated carbocycles. The highest BCUT2D eigenvalue weighted by Gasteiger charge is 2.23. The van der Waals surface area contributed by atoms with Crippen molar-refractivity contribution in [2.75, 3.05) is 0 Å². The molecule has 1 aliphatic rings. The Morgan fingerprint density at radius 1 is 0.660 bits per heavy atom. The van der Waals surface area contributed by atoms with E-state index in [-0.39, 0.29) is 0 Å². The average Bonchev–Trinajstić information content (AvgIpc) is 3.67. The molecule has 0 aliphatic carbocycles. The lowest BCUT2D eigenvalue weighted by Crippen LogP contribution is -2.08. The second-order valence-corrected chi connectivity index (χ2v) is 12.8. The van der Waals surface area contributed by atoms with Gasteiger partial charge in [0.15, 0.2) is 0 Å². The van der Waals surface area contributed by atoms with Crippen LogP contribution in [0.15, 0.2) is 155 Å². The van der Waals surface area contributed by atoms with Crippen LogP contribution in [-0.4, -0.2) is 15.3 Å². The molecule has 4 heterocycles. The number of aryl methyl sites for hydroxylation is 1. The van der Waals surface area contributed by atoms with Gasteiger partial charge in [0, 0.05) is 45.3 Å². The molecule has 0 fully saturated rings. The molecule has 10 rings (SSSR count). The number of nitriles is 1. The fourth-order valence-electron chi connectivity index (χ4n) is 7.58. The van der Waals surface area contributed by atoms with Crippen molar-refractivity contribution in [3.8, 4) is 11.8 Å². The van der Waals surface area contributed by atoms with Gasteiger partial charge in [-0.3, -0.25) is 4.98 Å². The van der Waals surface area contributed by atoms with E-state index >= 15 is 0 Å². The molecular formula is C45H28N4O. The van der Waals surface area contributed by atoms with Gasteiger partial charge in [-0.15, -0.1) is 0 Å². The zero-order chi connectivity index (χ0) is 33.2. The highest BCUT2D eigenvalue weighted by molar-refractivity contribution is 6.33. The fourth-order valence-corrected chi connectivity index (χ4v) is 7.58. The van der Waals surface area contributed by atoms with E-state index < -0.39 is 0 Å². The molecule has 0 amide bonds. The van der Waals surface area contributed by atoms with E-state index in [0.29, 0.717) is 5.56 Å². The smallest absolute Gasteiger partial charge is 0.136 e. The molecule has 234 valence electrons. The van der Waals surface area contributed by atoms with Crippen molar-refractivity contribution in [3.05, 3.63) is 168 Å². The molecule has 5 heteroatoms. The summed E-state index contributed by atoms with van der Waals surface area (Å²) in [5.74, 6) is 0.880. The van der Waals surface area contributed by atoms with Crippen LogP contribution < -0.4 is 0 Å². The maximum atomic E-state index is 10.7. The van der Waals surface area contributed by atoms with Crippen molar-refractivity contribution in [2.24, 2.45) is 4.99 Å². The zero-order valence-corrected chi connectivity index (χ0v) is 27.0. The first-order valence-electron chi connectivity index (χ1n) is 16.9. The standard InChI is InChI=1S/C45H28N4O/c46-27-33-23-31(20-21-39(33)49-40-15-5-3-12-35(40)37-24-29-9-1-2-10-30(29)26-41(37)49)34-14-7-17-43-45(36-13-4-6-16-42(36)50-43)48-44(34)32-19-18-28-11-8-22-47-38(28)25-32/h1-6,8-16,18-26H,7,17H2. The minimum absolute atomic E-state index is 0.593. The van der Waals surface area contributed by atoms with Gasteiger partial charge in [-0.1, -0.05) is 84.9 Å². The number of rotatable bonds is 3. The highest BCUT2D eigenvalue weighted by atomic mass is 16.3. The van der Waals surface area contributed by atoms with Crippen LogP contribution in [0, 0.1) is 11.3 Å². The van der Waals surface area contributed by atoms with Crippen LogP contribution in [0.1, 0.15) is 28.9 Å².